The second kappa shape index (κ2) is 5.68. The molecule has 0 radical (unpaired) electrons. The summed E-state index contributed by atoms with van der Waals surface area (Å²) in [6.07, 6.45) is 0. The van der Waals surface area contributed by atoms with Crippen molar-refractivity contribution in [1.82, 2.24) is 0 Å². The van der Waals surface area contributed by atoms with Crippen LogP contribution >= 0.6 is 11.6 Å². The molecule has 0 aliphatic carbocycles. The Hall–Kier alpha value is -1.80. The van der Waals surface area contributed by atoms with Crippen molar-refractivity contribution in [3.8, 4) is 5.75 Å². The fourth-order valence-electron chi connectivity index (χ4n) is 2.18. The smallest absolute Gasteiger partial charge is 0.176 e. The highest BCUT2D eigenvalue weighted by atomic mass is 35.5. The predicted molar refractivity (Wildman–Crippen MR) is 81.8 cm³/mol. The number of carbonyl (C=O) groups excluding carboxylic acids is 1. The standard InChI is InChI=1S/C17H17ClO2/c1-17(2,12-7-5-4-6-8-12)16(19)14-11-13(18)9-10-15(14)20-3/h4-11H,1-3H3. The number of benzene rings is 2. The Morgan fingerprint density at radius 3 is 2.35 bits per heavy atom. The molecule has 0 aliphatic rings. The van der Waals surface area contributed by atoms with Crippen molar-refractivity contribution in [3.63, 3.8) is 0 Å². The van der Waals surface area contributed by atoms with Crippen LogP contribution in [0.25, 0.3) is 0 Å². The second-order valence-corrected chi connectivity index (χ2v) is 5.60. The highest BCUT2D eigenvalue weighted by Crippen LogP contribution is 2.32. The zero-order valence-electron chi connectivity index (χ0n) is 11.8. The summed E-state index contributed by atoms with van der Waals surface area (Å²) in [4.78, 5) is 12.9. The van der Waals surface area contributed by atoms with E-state index in [1.54, 1.807) is 25.3 Å². The van der Waals surface area contributed by atoms with Crippen LogP contribution in [0.1, 0.15) is 29.8 Å². The van der Waals surface area contributed by atoms with Gasteiger partial charge in [-0.2, -0.15) is 0 Å². The first-order valence-corrected chi connectivity index (χ1v) is 6.78. The van der Waals surface area contributed by atoms with E-state index in [9.17, 15) is 4.79 Å². The molecule has 104 valence electrons. The molecule has 2 aromatic carbocycles. The van der Waals surface area contributed by atoms with Crippen LogP contribution in [-0.4, -0.2) is 12.9 Å². The van der Waals surface area contributed by atoms with Gasteiger partial charge in [0.1, 0.15) is 5.75 Å². The SMILES string of the molecule is COc1ccc(Cl)cc1C(=O)C(C)(C)c1ccccc1. The van der Waals surface area contributed by atoms with E-state index < -0.39 is 5.41 Å². The van der Waals surface area contributed by atoms with Gasteiger partial charge in [0.15, 0.2) is 5.78 Å². The lowest BCUT2D eigenvalue weighted by Crippen LogP contribution is -2.29. The van der Waals surface area contributed by atoms with Crippen LogP contribution in [0.3, 0.4) is 0 Å². The quantitative estimate of drug-likeness (QED) is 0.774. The molecule has 2 aromatic rings. The van der Waals surface area contributed by atoms with E-state index in [4.69, 9.17) is 16.3 Å². The molecule has 0 amide bonds. The lowest BCUT2D eigenvalue weighted by Gasteiger charge is -2.24. The van der Waals surface area contributed by atoms with Gasteiger partial charge >= 0.3 is 0 Å². The van der Waals surface area contributed by atoms with Gasteiger partial charge in [-0.25, -0.2) is 0 Å². The molecule has 0 N–H and O–H groups in total. The molecule has 3 heteroatoms. The summed E-state index contributed by atoms with van der Waals surface area (Å²) < 4.78 is 5.27. The zero-order valence-corrected chi connectivity index (χ0v) is 12.6. The summed E-state index contributed by atoms with van der Waals surface area (Å²) in [5.41, 5.74) is 0.833. The molecule has 0 aliphatic heterocycles. The van der Waals surface area contributed by atoms with Gasteiger partial charge in [0.2, 0.25) is 0 Å². The van der Waals surface area contributed by atoms with Gasteiger partial charge in [-0.1, -0.05) is 41.9 Å². The molecule has 0 aromatic heterocycles. The number of ketones is 1. The largest absolute Gasteiger partial charge is 0.496 e. The van der Waals surface area contributed by atoms with Gasteiger partial charge < -0.3 is 4.74 Å². The lowest BCUT2D eigenvalue weighted by atomic mass is 9.78. The number of hydrogen-bond donors (Lipinski definition) is 0. The first kappa shape index (κ1) is 14.6. The van der Waals surface area contributed by atoms with Gasteiger partial charge in [0.25, 0.3) is 0 Å². The Labute approximate surface area is 124 Å². The Morgan fingerprint density at radius 1 is 1.10 bits per heavy atom. The normalized spacial score (nSPS) is 11.2. The fraction of sp³-hybridized carbons (Fsp3) is 0.235. The molecule has 0 heterocycles. The van der Waals surface area contributed by atoms with Gasteiger partial charge in [-0.05, 0) is 37.6 Å². The number of methoxy groups -OCH3 is 1. The molecular weight excluding hydrogens is 272 g/mol. The number of ether oxygens (including phenoxy) is 1. The Bertz CT molecular complexity index is 618. The van der Waals surface area contributed by atoms with Crippen molar-refractivity contribution < 1.29 is 9.53 Å². The van der Waals surface area contributed by atoms with E-state index in [0.717, 1.165) is 5.56 Å². The Balaban J connectivity index is 2.48. The first-order valence-electron chi connectivity index (χ1n) is 6.40. The first-order chi connectivity index (χ1) is 9.46. The number of carbonyl (C=O) groups is 1. The van der Waals surface area contributed by atoms with Crippen LogP contribution in [-0.2, 0) is 5.41 Å². The Morgan fingerprint density at radius 2 is 1.75 bits per heavy atom. The average molecular weight is 289 g/mol. The van der Waals surface area contributed by atoms with Gasteiger partial charge in [0.05, 0.1) is 18.1 Å². The maximum atomic E-state index is 12.9. The minimum atomic E-state index is -0.640. The van der Waals surface area contributed by atoms with Crippen LogP contribution in [0, 0.1) is 0 Å². The van der Waals surface area contributed by atoms with E-state index >= 15 is 0 Å². The summed E-state index contributed by atoms with van der Waals surface area (Å²) in [5.74, 6) is 0.534. The van der Waals surface area contributed by atoms with Gasteiger partial charge in [-0.3, -0.25) is 4.79 Å². The van der Waals surface area contributed by atoms with Crippen molar-refractivity contribution in [2.75, 3.05) is 7.11 Å². The summed E-state index contributed by atoms with van der Waals surface area (Å²) in [6, 6.07) is 14.8. The van der Waals surface area contributed by atoms with Crippen LogP contribution in [0.2, 0.25) is 5.02 Å². The van der Waals surface area contributed by atoms with Crippen molar-refractivity contribution in [2.24, 2.45) is 0 Å². The summed E-state index contributed by atoms with van der Waals surface area (Å²) in [5, 5.41) is 0.526. The average Bonchev–Trinajstić information content (AvgIpc) is 2.47. The molecule has 2 nitrogen and oxygen atoms in total. The minimum Gasteiger partial charge on any atom is -0.496 e. The lowest BCUT2D eigenvalue weighted by molar-refractivity contribution is 0.0905. The topological polar surface area (TPSA) is 26.3 Å². The second-order valence-electron chi connectivity index (χ2n) is 5.16. The van der Waals surface area contributed by atoms with E-state index in [2.05, 4.69) is 0 Å². The summed E-state index contributed by atoms with van der Waals surface area (Å²) >= 11 is 6.01. The molecular formula is C17H17ClO2. The van der Waals surface area contributed by atoms with Gasteiger partial charge in [0, 0.05) is 5.02 Å². The fourth-order valence-corrected chi connectivity index (χ4v) is 2.35. The number of hydrogen-bond acceptors (Lipinski definition) is 2. The third kappa shape index (κ3) is 2.70. The van der Waals surface area contributed by atoms with Crippen molar-refractivity contribution >= 4 is 17.4 Å². The molecule has 0 fully saturated rings. The molecule has 0 saturated carbocycles. The van der Waals surface area contributed by atoms with E-state index in [0.29, 0.717) is 16.3 Å². The minimum absolute atomic E-state index is 0.0111. The highest BCUT2D eigenvalue weighted by molar-refractivity contribution is 6.31. The number of Topliss-reactive ketones (excluding diaryl/α,β-unsaturated/α-hetero) is 1. The molecule has 0 atom stereocenters. The van der Waals surface area contributed by atoms with E-state index in [-0.39, 0.29) is 5.78 Å². The summed E-state index contributed by atoms with van der Waals surface area (Å²) in [6.45, 7) is 3.82. The molecule has 20 heavy (non-hydrogen) atoms. The van der Waals surface area contributed by atoms with E-state index in [1.165, 1.54) is 0 Å². The maximum absolute atomic E-state index is 12.9. The van der Waals surface area contributed by atoms with Crippen molar-refractivity contribution in [1.29, 1.82) is 0 Å². The number of rotatable bonds is 4. The van der Waals surface area contributed by atoms with Crippen LogP contribution < -0.4 is 4.74 Å². The zero-order chi connectivity index (χ0) is 14.8. The van der Waals surface area contributed by atoms with Crippen molar-refractivity contribution in [2.45, 2.75) is 19.3 Å². The van der Waals surface area contributed by atoms with Crippen LogP contribution in [0.4, 0.5) is 0 Å². The molecule has 0 spiro atoms. The van der Waals surface area contributed by atoms with Gasteiger partial charge in [-0.15, -0.1) is 0 Å². The van der Waals surface area contributed by atoms with Crippen LogP contribution in [0.5, 0.6) is 5.75 Å². The maximum Gasteiger partial charge on any atom is 0.176 e. The third-order valence-electron chi connectivity index (χ3n) is 3.47. The Kier molecular flexibility index (Phi) is 4.15. The summed E-state index contributed by atoms with van der Waals surface area (Å²) in [7, 11) is 1.55. The molecule has 2 rings (SSSR count). The third-order valence-corrected chi connectivity index (χ3v) is 3.70. The highest BCUT2D eigenvalue weighted by Gasteiger charge is 2.32. The predicted octanol–water partition coefficient (Wildman–Crippen LogP) is 4.51. The monoisotopic (exact) mass is 288 g/mol. The van der Waals surface area contributed by atoms with Crippen LogP contribution in [0.15, 0.2) is 48.5 Å². The van der Waals surface area contributed by atoms with Crippen molar-refractivity contribution in [3.05, 3.63) is 64.7 Å². The molecule has 0 saturated heterocycles. The molecule has 0 unspecified atom stereocenters. The van der Waals surface area contributed by atoms with E-state index in [1.807, 2.05) is 44.2 Å². The molecule has 0 bridgehead atoms. The number of halogens is 1.